The monoisotopic (exact) mass is 270 g/mol. The fraction of sp³-hybridized carbons (Fsp3) is 0.417. The first-order valence-electron chi connectivity index (χ1n) is 5.45. The average Bonchev–Trinajstić information content (AvgIpc) is 2.38. The summed E-state index contributed by atoms with van der Waals surface area (Å²) in [5.74, 6) is -0.593. The standard InChI is InChI=1S/C12H12F2N2O3/c1-3-19-10(17)5-7-4-9(18-2)8(6-15)16-11(7)12(13)14/h4,12H,3,5H2,1-2H3. The third-order valence-corrected chi connectivity index (χ3v) is 2.27. The molecule has 1 aromatic heterocycles. The van der Waals surface area contributed by atoms with Crippen molar-refractivity contribution >= 4 is 5.97 Å². The van der Waals surface area contributed by atoms with Gasteiger partial charge in [-0.1, -0.05) is 0 Å². The third kappa shape index (κ3) is 3.61. The van der Waals surface area contributed by atoms with Gasteiger partial charge in [0.2, 0.25) is 0 Å². The van der Waals surface area contributed by atoms with Gasteiger partial charge < -0.3 is 9.47 Å². The van der Waals surface area contributed by atoms with Gasteiger partial charge in [-0.3, -0.25) is 4.79 Å². The molecule has 0 radical (unpaired) electrons. The van der Waals surface area contributed by atoms with Gasteiger partial charge in [0.15, 0.2) is 11.4 Å². The number of carbonyl (C=O) groups is 1. The first-order chi connectivity index (χ1) is 9.03. The van der Waals surface area contributed by atoms with E-state index in [0.717, 1.165) is 0 Å². The lowest BCUT2D eigenvalue weighted by molar-refractivity contribution is -0.142. The van der Waals surface area contributed by atoms with Crippen LogP contribution in [0, 0.1) is 11.3 Å². The lowest BCUT2D eigenvalue weighted by Gasteiger charge is -2.11. The molecule has 0 atom stereocenters. The number of hydrogen-bond acceptors (Lipinski definition) is 5. The summed E-state index contributed by atoms with van der Waals surface area (Å²) < 4.78 is 35.3. The molecule has 19 heavy (non-hydrogen) atoms. The molecule has 102 valence electrons. The predicted octanol–water partition coefficient (Wildman–Crippen LogP) is 2.01. The minimum Gasteiger partial charge on any atom is -0.494 e. The van der Waals surface area contributed by atoms with Crippen LogP contribution in [0.1, 0.15) is 30.3 Å². The number of pyridine rings is 1. The minimum atomic E-state index is -2.89. The van der Waals surface area contributed by atoms with E-state index in [2.05, 4.69) is 4.98 Å². The molecule has 0 aliphatic heterocycles. The molecule has 0 bridgehead atoms. The second-order valence-electron chi connectivity index (χ2n) is 3.48. The van der Waals surface area contributed by atoms with Crippen LogP contribution in [0.3, 0.4) is 0 Å². The maximum atomic E-state index is 12.9. The summed E-state index contributed by atoms with van der Waals surface area (Å²) in [5.41, 5.74) is -0.861. The van der Waals surface area contributed by atoms with Crippen molar-refractivity contribution in [1.82, 2.24) is 4.98 Å². The largest absolute Gasteiger partial charge is 0.494 e. The van der Waals surface area contributed by atoms with Crippen LogP contribution >= 0.6 is 0 Å². The Hall–Kier alpha value is -2.23. The molecule has 0 saturated heterocycles. The number of alkyl halides is 2. The van der Waals surface area contributed by atoms with Crippen molar-refractivity contribution in [2.45, 2.75) is 19.8 Å². The average molecular weight is 270 g/mol. The zero-order chi connectivity index (χ0) is 14.4. The Labute approximate surface area is 108 Å². The lowest BCUT2D eigenvalue weighted by Crippen LogP contribution is -2.11. The summed E-state index contributed by atoms with van der Waals surface area (Å²) in [6.45, 7) is 1.77. The summed E-state index contributed by atoms with van der Waals surface area (Å²) in [5, 5.41) is 8.78. The summed E-state index contributed by atoms with van der Waals surface area (Å²) in [7, 11) is 1.29. The zero-order valence-corrected chi connectivity index (χ0v) is 10.4. The van der Waals surface area contributed by atoms with E-state index in [0.29, 0.717) is 0 Å². The van der Waals surface area contributed by atoms with E-state index in [1.807, 2.05) is 0 Å². The van der Waals surface area contributed by atoms with E-state index in [-0.39, 0.29) is 30.0 Å². The number of carbonyl (C=O) groups excluding carboxylic acids is 1. The molecule has 0 fully saturated rings. The molecule has 5 nitrogen and oxygen atoms in total. The Bertz CT molecular complexity index is 512. The molecule has 7 heteroatoms. The van der Waals surface area contributed by atoms with Crippen molar-refractivity contribution in [3.05, 3.63) is 23.0 Å². The smallest absolute Gasteiger partial charge is 0.310 e. The molecular weight excluding hydrogens is 258 g/mol. The van der Waals surface area contributed by atoms with E-state index in [1.165, 1.54) is 13.2 Å². The topological polar surface area (TPSA) is 72.2 Å². The SMILES string of the molecule is CCOC(=O)Cc1cc(OC)c(C#N)nc1C(F)F. The summed E-state index contributed by atoms with van der Waals surface area (Å²) >= 11 is 0. The Morgan fingerprint density at radius 3 is 2.74 bits per heavy atom. The van der Waals surface area contributed by atoms with E-state index < -0.39 is 18.1 Å². The van der Waals surface area contributed by atoms with Gasteiger partial charge in [-0.2, -0.15) is 5.26 Å². The van der Waals surface area contributed by atoms with E-state index in [9.17, 15) is 13.6 Å². The molecule has 0 aliphatic carbocycles. The number of nitrogens with zero attached hydrogens (tertiary/aromatic N) is 2. The highest BCUT2D eigenvalue weighted by molar-refractivity contribution is 5.73. The molecular formula is C12H12F2N2O3. The van der Waals surface area contributed by atoms with E-state index in [1.54, 1.807) is 13.0 Å². The van der Waals surface area contributed by atoms with Crippen LogP contribution < -0.4 is 4.74 Å². The number of ether oxygens (including phenoxy) is 2. The molecule has 1 rings (SSSR count). The molecule has 0 unspecified atom stereocenters. The van der Waals surface area contributed by atoms with Gasteiger partial charge >= 0.3 is 5.97 Å². The number of hydrogen-bond donors (Lipinski definition) is 0. The molecule has 0 saturated carbocycles. The highest BCUT2D eigenvalue weighted by atomic mass is 19.3. The van der Waals surface area contributed by atoms with Crippen LogP contribution in [-0.2, 0) is 16.0 Å². The Balaban J connectivity index is 3.20. The highest BCUT2D eigenvalue weighted by Crippen LogP contribution is 2.27. The first kappa shape index (κ1) is 14.8. The number of esters is 1. The number of nitriles is 1. The van der Waals surface area contributed by atoms with Crippen LogP contribution in [0.25, 0.3) is 0 Å². The normalized spacial score (nSPS) is 10.1. The molecule has 0 spiro atoms. The predicted molar refractivity (Wildman–Crippen MR) is 60.8 cm³/mol. The van der Waals surface area contributed by atoms with Crippen LogP contribution in [0.5, 0.6) is 5.75 Å². The summed E-state index contributed by atoms with van der Waals surface area (Å²) in [4.78, 5) is 14.9. The molecule has 1 heterocycles. The third-order valence-electron chi connectivity index (χ3n) is 2.27. The van der Waals surface area contributed by atoms with Crippen molar-refractivity contribution in [2.75, 3.05) is 13.7 Å². The number of halogens is 2. The minimum absolute atomic E-state index is 0.00991. The van der Waals surface area contributed by atoms with Crippen molar-refractivity contribution in [2.24, 2.45) is 0 Å². The van der Waals surface area contributed by atoms with Crippen LogP contribution in [0.4, 0.5) is 8.78 Å². The maximum absolute atomic E-state index is 12.9. The Morgan fingerprint density at radius 2 is 2.26 bits per heavy atom. The van der Waals surface area contributed by atoms with Gasteiger partial charge in [-0.25, -0.2) is 13.8 Å². The van der Waals surface area contributed by atoms with Crippen LogP contribution in [0.15, 0.2) is 6.07 Å². The van der Waals surface area contributed by atoms with Crippen molar-refractivity contribution in [1.29, 1.82) is 5.26 Å². The maximum Gasteiger partial charge on any atom is 0.310 e. The van der Waals surface area contributed by atoms with E-state index >= 15 is 0 Å². The van der Waals surface area contributed by atoms with Gasteiger partial charge in [-0.05, 0) is 18.6 Å². The van der Waals surface area contributed by atoms with Gasteiger partial charge in [0, 0.05) is 0 Å². The lowest BCUT2D eigenvalue weighted by atomic mass is 10.1. The van der Waals surface area contributed by atoms with Gasteiger partial charge in [-0.15, -0.1) is 0 Å². The number of methoxy groups -OCH3 is 1. The van der Waals surface area contributed by atoms with Gasteiger partial charge in [0.25, 0.3) is 6.43 Å². The second kappa shape index (κ2) is 6.64. The van der Waals surface area contributed by atoms with Crippen molar-refractivity contribution < 1.29 is 23.0 Å². The van der Waals surface area contributed by atoms with Gasteiger partial charge in [0.05, 0.1) is 20.1 Å². The van der Waals surface area contributed by atoms with E-state index in [4.69, 9.17) is 14.7 Å². The molecule has 0 amide bonds. The molecule has 0 N–H and O–H groups in total. The van der Waals surface area contributed by atoms with Crippen LogP contribution in [-0.4, -0.2) is 24.7 Å². The highest BCUT2D eigenvalue weighted by Gasteiger charge is 2.21. The quantitative estimate of drug-likeness (QED) is 0.765. The second-order valence-corrected chi connectivity index (χ2v) is 3.48. The fourth-order valence-electron chi connectivity index (χ4n) is 1.48. The summed E-state index contributed by atoms with van der Waals surface area (Å²) in [6.07, 6.45) is -3.23. The van der Waals surface area contributed by atoms with Crippen molar-refractivity contribution in [3.8, 4) is 11.8 Å². The van der Waals surface area contributed by atoms with Crippen LogP contribution in [0.2, 0.25) is 0 Å². The van der Waals surface area contributed by atoms with Crippen molar-refractivity contribution in [3.63, 3.8) is 0 Å². The number of aromatic nitrogens is 1. The molecule has 1 aromatic rings. The Morgan fingerprint density at radius 1 is 1.58 bits per heavy atom. The summed E-state index contributed by atoms with van der Waals surface area (Å²) in [6, 6.07) is 2.87. The Kier molecular flexibility index (Phi) is 5.18. The molecule has 0 aromatic carbocycles. The fourth-order valence-corrected chi connectivity index (χ4v) is 1.48. The first-order valence-corrected chi connectivity index (χ1v) is 5.45. The number of rotatable bonds is 5. The van der Waals surface area contributed by atoms with Gasteiger partial charge in [0.1, 0.15) is 11.8 Å². The zero-order valence-electron chi connectivity index (χ0n) is 10.4. The molecule has 0 aliphatic rings.